The Kier molecular flexibility index (Phi) is 2.70. The van der Waals surface area contributed by atoms with E-state index in [1.807, 2.05) is 0 Å². The fourth-order valence-corrected chi connectivity index (χ4v) is 0.109. The van der Waals surface area contributed by atoms with Crippen molar-refractivity contribution in [3.63, 3.8) is 0 Å². The Bertz CT molecular complexity index is 88.2. The monoisotopic (exact) mass is 103 g/mol. The first-order chi connectivity index (χ1) is 3.31. The summed E-state index contributed by atoms with van der Waals surface area (Å²) in [5.74, 6) is -0.873. The number of carbonyl (C=O) groups is 1. The van der Waals surface area contributed by atoms with Gasteiger partial charge in [-0.2, -0.15) is 5.26 Å². The lowest BCUT2D eigenvalue weighted by Crippen LogP contribution is -1.95. The molecule has 0 unspecified atom stereocenters. The second-order valence-corrected chi connectivity index (χ2v) is 0.769. The average molecular weight is 103 g/mol. The lowest BCUT2D eigenvalue weighted by atomic mass is 10.6. The van der Waals surface area contributed by atoms with Gasteiger partial charge in [-0.25, -0.2) is 4.79 Å². The first-order valence-electron chi connectivity index (χ1n) is 1.55. The summed E-state index contributed by atoms with van der Waals surface area (Å²) in [6.45, 7) is 0. The molecule has 0 aliphatic heterocycles. The van der Waals surface area contributed by atoms with Gasteiger partial charge in [0.05, 0.1) is 0 Å². The van der Waals surface area contributed by atoms with Crippen LogP contribution in [0.4, 0.5) is 0 Å². The zero-order valence-electron chi connectivity index (χ0n) is 3.50. The van der Waals surface area contributed by atoms with Gasteiger partial charge in [0.1, 0.15) is 0 Å². The molecular weight excluding hydrogens is 98.0 g/mol. The summed E-state index contributed by atoms with van der Waals surface area (Å²) in [4.78, 5) is 13.0. The molecule has 0 bridgehead atoms. The molecule has 4 heteroatoms. The third-order valence-electron chi connectivity index (χ3n) is 0.322. The van der Waals surface area contributed by atoms with Crippen LogP contribution in [-0.2, 0) is 9.68 Å². The second kappa shape index (κ2) is 3.17. The molecule has 0 spiro atoms. The fraction of sp³-hybridized carbons (Fsp3) is 0. The largest absolute Gasteiger partial charge is 0.404 e. The van der Waals surface area contributed by atoms with Gasteiger partial charge in [0.15, 0.2) is 0 Å². The van der Waals surface area contributed by atoms with E-state index in [0.29, 0.717) is 0 Å². The molecule has 0 aromatic carbocycles. The number of hydrogen-bond acceptors (Lipinski definition) is 4. The van der Waals surface area contributed by atoms with Gasteiger partial charge in [0, 0.05) is 12.3 Å². The van der Waals surface area contributed by atoms with Crippen LogP contribution < -0.4 is 5.73 Å². The van der Waals surface area contributed by atoms with Crippen molar-refractivity contribution in [3.8, 4) is 0 Å². The Morgan fingerprint density at radius 3 is 2.57 bits per heavy atom. The summed E-state index contributed by atoms with van der Waals surface area (Å²) < 4.78 is 0. The van der Waals surface area contributed by atoms with Crippen LogP contribution in [0.1, 0.15) is 0 Å². The molecule has 0 aliphatic carbocycles. The quantitative estimate of drug-likeness (QED) is 0.266. The van der Waals surface area contributed by atoms with Crippen LogP contribution in [0.15, 0.2) is 12.3 Å². The zero-order chi connectivity index (χ0) is 5.70. The van der Waals surface area contributed by atoms with Crippen LogP contribution in [-0.4, -0.2) is 11.2 Å². The van der Waals surface area contributed by atoms with Crippen LogP contribution in [0.25, 0.3) is 0 Å². The van der Waals surface area contributed by atoms with Gasteiger partial charge in [-0.05, 0) is 0 Å². The Hall–Kier alpha value is -1.03. The third-order valence-corrected chi connectivity index (χ3v) is 0.322. The summed E-state index contributed by atoms with van der Waals surface area (Å²) >= 11 is 0. The van der Waals surface area contributed by atoms with Gasteiger partial charge in [0.2, 0.25) is 0 Å². The topological polar surface area (TPSA) is 72.6 Å². The van der Waals surface area contributed by atoms with E-state index >= 15 is 0 Å². The van der Waals surface area contributed by atoms with Gasteiger partial charge in [-0.3, -0.25) is 4.89 Å². The molecule has 0 saturated heterocycles. The van der Waals surface area contributed by atoms with Crippen molar-refractivity contribution in [1.29, 1.82) is 0 Å². The highest BCUT2D eigenvalue weighted by Gasteiger charge is 1.87. The molecule has 0 rings (SSSR count). The van der Waals surface area contributed by atoms with E-state index in [0.717, 1.165) is 12.3 Å². The van der Waals surface area contributed by atoms with Crippen molar-refractivity contribution in [2.24, 2.45) is 5.73 Å². The SMILES string of the molecule is NC=CC(=O)OO. The Balaban J connectivity index is 3.37. The molecule has 0 atom stereocenters. The van der Waals surface area contributed by atoms with Crippen LogP contribution in [0.5, 0.6) is 0 Å². The van der Waals surface area contributed by atoms with Gasteiger partial charge in [-0.15, -0.1) is 0 Å². The van der Waals surface area contributed by atoms with Crippen LogP contribution in [0.3, 0.4) is 0 Å². The predicted molar refractivity (Wildman–Crippen MR) is 22.0 cm³/mol. The lowest BCUT2D eigenvalue weighted by Gasteiger charge is -1.80. The number of rotatable bonds is 1. The highest BCUT2D eigenvalue weighted by Crippen LogP contribution is 1.69. The molecule has 0 radical (unpaired) electrons. The molecule has 0 heterocycles. The first kappa shape index (κ1) is 5.97. The highest BCUT2D eigenvalue weighted by molar-refractivity contribution is 5.81. The number of hydrogen-bond donors (Lipinski definition) is 2. The first-order valence-corrected chi connectivity index (χ1v) is 1.55. The maximum absolute atomic E-state index is 9.77. The predicted octanol–water partition coefficient (Wildman–Crippen LogP) is -0.525. The molecule has 0 aromatic rings. The summed E-state index contributed by atoms with van der Waals surface area (Å²) in [5, 5.41) is 7.51. The molecule has 7 heavy (non-hydrogen) atoms. The minimum absolute atomic E-state index is 0.873. The van der Waals surface area contributed by atoms with Crippen molar-refractivity contribution in [2.75, 3.05) is 0 Å². The minimum Gasteiger partial charge on any atom is -0.404 e. The third kappa shape index (κ3) is 2.78. The van der Waals surface area contributed by atoms with Crippen molar-refractivity contribution in [3.05, 3.63) is 12.3 Å². The Morgan fingerprint density at radius 1 is 1.86 bits per heavy atom. The van der Waals surface area contributed by atoms with E-state index < -0.39 is 5.97 Å². The molecule has 0 aliphatic rings. The van der Waals surface area contributed by atoms with Crippen LogP contribution in [0, 0.1) is 0 Å². The van der Waals surface area contributed by atoms with Crippen molar-refractivity contribution in [1.82, 2.24) is 0 Å². The molecule has 0 saturated carbocycles. The van der Waals surface area contributed by atoms with Gasteiger partial charge >= 0.3 is 5.97 Å². The fourth-order valence-electron chi connectivity index (χ4n) is 0.109. The van der Waals surface area contributed by atoms with E-state index in [4.69, 9.17) is 11.0 Å². The maximum Gasteiger partial charge on any atom is 0.367 e. The molecule has 0 amide bonds. The van der Waals surface area contributed by atoms with E-state index in [9.17, 15) is 4.79 Å². The highest BCUT2D eigenvalue weighted by atomic mass is 17.1. The summed E-state index contributed by atoms with van der Waals surface area (Å²) in [6.07, 6.45) is 1.86. The van der Waals surface area contributed by atoms with Gasteiger partial charge in [0.25, 0.3) is 0 Å². The molecular formula is C3H5NO3. The van der Waals surface area contributed by atoms with E-state index in [1.54, 1.807) is 0 Å². The van der Waals surface area contributed by atoms with Crippen LogP contribution in [0.2, 0.25) is 0 Å². The molecule has 3 N–H and O–H groups in total. The van der Waals surface area contributed by atoms with Gasteiger partial charge in [-0.1, -0.05) is 0 Å². The van der Waals surface area contributed by atoms with Crippen molar-refractivity contribution < 1.29 is 14.9 Å². The van der Waals surface area contributed by atoms with E-state index in [1.165, 1.54) is 0 Å². The minimum atomic E-state index is -0.873. The molecule has 4 nitrogen and oxygen atoms in total. The average Bonchev–Trinajstić information content (AvgIpc) is 1.68. The maximum atomic E-state index is 9.77. The van der Waals surface area contributed by atoms with Gasteiger partial charge < -0.3 is 5.73 Å². The van der Waals surface area contributed by atoms with Crippen molar-refractivity contribution in [2.45, 2.75) is 0 Å². The zero-order valence-corrected chi connectivity index (χ0v) is 3.50. The summed E-state index contributed by atoms with van der Waals surface area (Å²) in [7, 11) is 0. The Labute approximate surface area is 40.1 Å². The molecule has 40 valence electrons. The summed E-state index contributed by atoms with van der Waals surface area (Å²) in [5.41, 5.74) is 4.71. The smallest absolute Gasteiger partial charge is 0.367 e. The number of nitrogens with two attached hydrogens (primary N) is 1. The van der Waals surface area contributed by atoms with E-state index in [2.05, 4.69) is 4.89 Å². The molecule has 0 fully saturated rings. The van der Waals surface area contributed by atoms with Crippen LogP contribution >= 0.6 is 0 Å². The standard InChI is InChI=1S/C3H5NO3/c4-2-1-3(5)7-6/h1-2,6H,4H2. The second-order valence-electron chi connectivity index (χ2n) is 0.769. The summed E-state index contributed by atoms with van der Waals surface area (Å²) in [6, 6.07) is 0. The molecule has 0 aromatic heterocycles. The number of carbonyl (C=O) groups excluding carboxylic acids is 1. The van der Waals surface area contributed by atoms with Crippen molar-refractivity contribution >= 4 is 5.97 Å². The Morgan fingerprint density at radius 2 is 2.43 bits per heavy atom. The van der Waals surface area contributed by atoms with E-state index in [-0.39, 0.29) is 0 Å². The lowest BCUT2D eigenvalue weighted by molar-refractivity contribution is -0.228. The normalized spacial score (nSPS) is 9.29.